The van der Waals surface area contributed by atoms with Crippen LogP contribution in [-0.4, -0.2) is 49.0 Å². The van der Waals surface area contributed by atoms with E-state index in [-0.39, 0.29) is 12.4 Å². The lowest BCUT2D eigenvalue weighted by atomic mass is 10.1. The third-order valence-corrected chi connectivity index (χ3v) is 3.34. The fraction of sp³-hybridized carbons (Fsp3) is 0.375. The van der Waals surface area contributed by atoms with Gasteiger partial charge in [0.25, 0.3) is 5.91 Å². The van der Waals surface area contributed by atoms with Crippen LogP contribution < -0.4 is 15.1 Å². The Morgan fingerprint density at radius 1 is 1.00 bits per heavy atom. The number of halogens is 3. The van der Waals surface area contributed by atoms with Gasteiger partial charge in [-0.2, -0.15) is 28.1 Å². The van der Waals surface area contributed by atoms with Crippen molar-refractivity contribution >= 4 is 17.8 Å². The zero-order valence-corrected chi connectivity index (χ0v) is 14.8. The molecule has 0 aliphatic carbocycles. The molecular formula is C16H19F3N6O. The number of anilines is 2. The Labute approximate surface area is 148 Å². The Hall–Kier alpha value is -2.91. The molecule has 0 atom stereocenters. The van der Waals surface area contributed by atoms with Crippen molar-refractivity contribution < 1.29 is 18.0 Å². The summed E-state index contributed by atoms with van der Waals surface area (Å²) in [6.07, 6.45) is -4.61. The van der Waals surface area contributed by atoms with Crippen molar-refractivity contribution in [1.29, 1.82) is 0 Å². The summed E-state index contributed by atoms with van der Waals surface area (Å²) in [7, 11) is 6.99. The second kappa shape index (κ2) is 7.54. The van der Waals surface area contributed by atoms with Crippen LogP contribution in [0.15, 0.2) is 24.3 Å². The summed E-state index contributed by atoms with van der Waals surface area (Å²) in [6.45, 7) is -0.130. The molecule has 140 valence electrons. The van der Waals surface area contributed by atoms with Gasteiger partial charge in [-0.25, -0.2) is 0 Å². The second-order valence-electron chi connectivity index (χ2n) is 5.87. The first-order valence-corrected chi connectivity index (χ1v) is 7.63. The monoisotopic (exact) mass is 368 g/mol. The van der Waals surface area contributed by atoms with E-state index in [0.717, 1.165) is 12.1 Å². The van der Waals surface area contributed by atoms with E-state index in [2.05, 4.69) is 20.3 Å². The maximum atomic E-state index is 13.0. The van der Waals surface area contributed by atoms with Gasteiger partial charge in [0, 0.05) is 28.2 Å². The predicted molar refractivity (Wildman–Crippen MR) is 91.1 cm³/mol. The van der Waals surface area contributed by atoms with Crippen molar-refractivity contribution in [1.82, 2.24) is 20.3 Å². The number of carbonyl (C=O) groups excluding carboxylic acids is 1. The molecule has 10 heteroatoms. The minimum absolute atomic E-state index is 0.130. The Morgan fingerprint density at radius 3 is 2.04 bits per heavy atom. The molecule has 2 aromatic rings. The highest BCUT2D eigenvalue weighted by molar-refractivity contribution is 5.95. The molecule has 1 N–H and O–H groups in total. The molecule has 0 saturated carbocycles. The van der Waals surface area contributed by atoms with Gasteiger partial charge >= 0.3 is 6.18 Å². The minimum atomic E-state index is -4.61. The average molecular weight is 368 g/mol. The van der Waals surface area contributed by atoms with Crippen LogP contribution >= 0.6 is 0 Å². The van der Waals surface area contributed by atoms with Crippen LogP contribution in [-0.2, 0) is 12.7 Å². The highest BCUT2D eigenvalue weighted by atomic mass is 19.4. The van der Waals surface area contributed by atoms with E-state index in [4.69, 9.17) is 0 Å². The van der Waals surface area contributed by atoms with Crippen LogP contribution in [0, 0.1) is 0 Å². The lowest BCUT2D eigenvalue weighted by molar-refractivity contribution is -0.137. The smallest absolute Gasteiger partial charge is 0.347 e. The van der Waals surface area contributed by atoms with E-state index < -0.39 is 23.2 Å². The van der Waals surface area contributed by atoms with Crippen molar-refractivity contribution in [3.63, 3.8) is 0 Å². The number of hydrogen-bond acceptors (Lipinski definition) is 6. The van der Waals surface area contributed by atoms with Crippen LogP contribution in [0.4, 0.5) is 25.1 Å². The maximum Gasteiger partial charge on any atom is 0.417 e. The van der Waals surface area contributed by atoms with Crippen molar-refractivity contribution in [3.8, 4) is 0 Å². The summed E-state index contributed by atoms with van der Waals surface area (Å²) in [5.41, 5.74) is -1.44. The molecule has 2 rings (SSSR count). The van der Waals surface area contributed by atoms with Crippen LogP contribution in [0.3, 0.4) is 0 Å². The zero-order chi connectivity index (χ0) is 19.5. The van der Waals surface area contributed by atoms with Gasteiger partial charge in [-0.15, -0.1) is 0 Å². The molecule has 1 aromatic heterocycles. The van der Waals surface area contributed by atoms with Crippen LogP contribution in [0.25, 0.3) is 0 Å². The largest absolute Gasteiger partial charge is 0.417 e. The van der Waals surface area contributed by atoms with E-state index in [1.54, 1.807) is 38.0 Å². The number of aromatic nitrogens is 3. The fourth-order valence-corrected chi connectivity index (χ4v) is 2.06. The number of rotatable bonds is 5. The van der Waals surface area contributed by atoms with Gasteiger partial charge < -0.3 is 15.1 Å². The first kappa shape index (κ1) is 19.4. The Bertz CT molecular complexity index is 766. The van der Waals surface area contributed by atoms with Crippen molar-refractivity contribution in [2.45, 2.75) is 12.7 Å². The lowest BCUT2D eigenvalue weighted by Crippen LogP contribution is -2.28. The summed E-state index contributed by atoms with van der Waals surface area (Å²) in [5.74, 6) is 0.147. The van der Waals surface area contributed by atoms with Crippen molar-refractivity contribution in [3.05, 3.63) is 41.2 Å². The van der Waals surface area contributed by atoms with E-state index in [1.165, 1.54) is 12.1 Å². The number of alkyl halides is 3. The highest BCUT2D eigenvalue weighted by Crippen LogP contribution is 2.31. The fourth-order valence-electron chi connectivity index (χ4n) is 2.06. The van der Waals surface area contributed by atoms with E-state index in [1.807, 2.05) is 0 Å². The molecule has 0 spiro atoms. The van der Waals surface area contributed by atoms with Crippen molar-refractivity contribution in [2.75, 3.05) is 38.0 Å². The minimum Gasteiger partial charge on any atom is -0.347 e. The normalized spacial score (nSPS) is 11.2. The standard InChI is InChI=1S/C16H19F3N6O/c1-24(2)14-21-12(22-15(23-14)25(3)4)9-20-13(26)10-7-5-6-8-11(10)16(17,18)19/h5-8H,9H2,1-4H3,(H,20,26). The number of benzene rings is 1. The van der Waals surface area contributed by atoms with Crippen LogP contribution in [0.5, 0.6) is 0 Å². The molecule has 0 radical (unpaired) electrons. The Kier molecular flexibility index (Phi) is 5.63. The van der Waals surface area contributed by atoms with E-state index >= 15 is 0 Å². The molecule has 1 amide bonds. The second-order valence-corrected chi connectivity index (χ2v) is 5.87. The number of hydrogen-bond donors (Lipinski definition) is 1. The molecule has 1 heterocycles. The summed E-state index contributed by atoms with van der Waals surface area (Å²) >= 11 is 0. The van der Waals surface area contributed by atoms with Gasteiger partial charge in [0.2, 0.25) is 11.9 Å². The molecule has 0 unspecified atom stereocenters. The van der Waals surface area contributed by atoms with E-state index in [0.29, 0.717) is 11.9 Å². The van der Waals surface area contributed by atoms with E-state index in [9.17, 15) is 18.0 Å². The molecule has 0 bridgehead atoms. The quantitative estimate of drug-likeness (QED) is 0.870. The Morgan fingerprint density at radius 2 is 1.54 bits per heavy atom. The average Bonchev–Trinajstić information content (AvgIpc) is 2.58. The number of amides is 1. The third-order valence-electron chi connectivity index (χ3n) is 3.34. The number of nitrogens with zero attached hydrogens (tertiary/aromatic N) is 5. The summed E-state index contributed by atoms with van der Waals surface area (Å²) in [5, 5.41) is 2.43. The molecule has 7 nitrogen and oxygen atoms in total. The summed E-state index contributed by atoms with van der Waals surface area (Å²) in [6, 6.07) is 4.61. The molecule has 26 heavy (non-hydrogen) atoms. The van der Waals surface area contributed by atoms with Crippen molar-refractivity contribution in [2.24, 2.45) is 0 Å². The topological polar surface area (TPSA) is 74.2 Å². The van der Waals surface area contributed by atoms with Gasteiger partial charge in [-0.05, 0) is 12.1 Å². The predicted octanol–water partition coefficient (Wildman–Crippen LogP) is 1.95. The molecular weight excluding hydrogens is 349 g/mol. The third kappa shape index (κ3) is 4.58. The molecule has 0 aliphatic rings. The van der Waals surface area contributed by atoms with Crippen LogP contribution in [0.2, 0.25) is 0 Å². The first-order valence-electron chi connectivity index (χ1n) is 7.63. The van der Waals surface area contributed by atoms with Gasteiger partial charge in [-0.1, -0.05) is 12.1 Å². The van der Waals surface area contributed by atoms with Gasteiger partial charge in [0.05, 0.1) is 17.7 Å². The summed E-state index contributed by atoms with van der Waals surface area (Å²) < 4.78 is 39.1. The van der Waals surface area contributed by atoms with Gasteiger partial charge in [0.1, 0.15) is 0 Å². The summed E-state index contributed by atoms with van der Waals surface area (Å²) in [4.78, 5) is 28.2. The maximum absolute atomic E-state index is 13.0. The number of carbonyl (C=O) groups is 1. The number of nitrogens with one attached hydrogen (secondary N) is 1. The lowest BCUT2D eigenvalue weighted by Gasteiger charge is -2.16. The van der Waals surface area contributed by atoms with Crippen LogP contribution in [0.1, 0.15) is 21.7 Å². The van der Waals surface area contributed by atoms with Gasteiger partial charge in [0.15, 0.2) is 5.82 Å². The molecule has 0 saturated heterocycles. The Balaban J connectivity index is 2.23. The molecule has 1 aromatic carbocycles. The SMILES string of the molecule is CN(C)c1nc(CNC(=O)c2ccccc2C(F)(F)F)nc(N(C)C)n1. The molecule has 0 fully saturated rings. The van der Waals surface area contributed by atoms with Gasteiger partial charge in [-0.3, -0.25) is 4.79 Å². The molecule has 0 aliphatic heterocycles. The first-order chi connectivity index (χ1) is 12.1. The highest BCUT2D eigenvalue weighted by Gasteiger charge is 2.34. The zero-order valence-electron chi connectivity index (χ0n) is 14.8.